The average molecular weight is 378 g/mol. The van der Waals surface area contributed by atoms with E-state index in [9.17, 15) is 9.59 Å². The number of hydrogen-bond acceptors (Lipinski definition) is 4. The van der Waals surface area contributed by atoms with Crippen molar-refractivity contribution in [3.8, 4) is 0 Å². The number of rotatable bonds is 4. The van der Waals surface area contributed by atoms with Crippen molar-refractivity contribution in [2.45, 2.75) is 13.0 Å². The smallest absolute Gasteiger partial charge is 0.261 e. The first-order valence-electron chi connectivity index (χ1n) is 8.18. The molecule has 2 amide bonds. The lowest BCUT2D eigenvalue weighted by Gasteiger charge is -2.37. The minimum absolute atomic E-state index is 0.0457. The van der Waals surface area contributed by atoms with Crippen LogP contribution in [0.25, 0.3) is 0 Å². The minimum Gasteiger partial charge on any atom is -0.368 e. The summed E-state index contributed by atoms with van der Waals surface area (Å²) < 4.78 is 0. The molecular formula is C18H20ClN3O2S. The van der Waals surface area contributed by atoms with E-state index in [4.69, 9.17) is 11.6 Å². The Bertz CT molecular complexity index is 743. The van der Waals surface area contributed by atoms with Gasteiger partial charge in [-0.3, -0.25) is 9.59 Å². The second-order valence-electron chi connectivity index (χ2n) is 5.96. The molecule has 1 atom stereocenters. The third-order valence-corrected chi connectivity index (χ3v) is 5.33. The summed E-state index contributed by atoms with van der Waals surface area (Å²) in [6, 6.07) is 10.8. The molecule has 1 N–H and O–H groups in total. The predicted molar refractivity (Wildman–Crippen MR) is 101 cm³/mol. The molecule has 0 spiro atoms. The van der Waals surface area contributed by atoms with Crippen LogP contribution in [0.1, 0.15) is 16.6 Å². The summed E-state index contributed by atoms with van der Waals surface area (Å²) in [7, 11) is 0. The molecule has 2 heterocycles. The largest absolute Gasteiger partial charge is 0.368 e. The molecule has 2 aromatic rings. The van der Waals surface area contributed by atoms with Gasteiger partial charge in [-0.25, -0.2) is 0 Å². The topological polar surface area (TPSA) is 52.7 Å². The highest BCUT2D eigenvalue weighted by atomic mass is 35.5. The quantitative estimate of drug-likeness (QED) is 0.891. The third kappa shape index (κ3) is 4.32. The van der Waals surface area contributed by atoms with Crippen LogP contribution >= 0.6 is 22.9 Å². The van der Waals surface area contributed by atoms with Gasteiger partial charge in [0.2, 0.25) is 5.91 Å². The molecular weight excluding hydrogens is 358 g/mol. The van der Waals surface area contributed by atoms with Crippen LogP contribution in [0.15, 0.2) is 41.8 Å². The van der Waals surface area contributed by atoms with Gasteiger partial charge in [0.05, 0.1) is 4.88 Å². The van der Waals surface area contributed by atoms with Crippen molar-refractivity contribution in [3.05, 3.63) is 51.7 Å². The monoisotopic (exact) mass is 377 g/mol. The molecule has 1 aliphatic heterocycles. The maximum atomic E-state index is 12.6. The van der Waals surface area contributed by atoms with Gasteiger partial charge in [-0.1, -0.05) is 23.7 Å². The molecule has 0 saturated carbocycles. The molecule has 1 aromatic heterocycles. The van der Waals surface area contributed by atoms with E-state index < -0.39 is 6.04 Å². The van der Waals surface area contributed by atoms with Crippen molar-refractivity contribution in [1.29, 1.82) is 0 Å². The molecule has 25 heavy (non-hydrogen) atoms. The Morgan fingerprint density at radius 2 is 1.92 bits per heavy atom. The molecule has 0 bridgehead atoms. The summed E-state index contributed by atoms with van der Waals surface area (Å²) in [4.78, 5) is 29.3. The highest BCUT2D eigenvalue weighted by Gasteiger charge is 2.26. The van der Waals surface area contributed by atoms with Crippen molar-refractivity contribution < 1.29 is 9.59 Å². The highest BCUT2D eigenvalue weighted by molar-refractivity contribution is 7.12. The van der Waals surface area contributed by atoms with Crippen molar-refractivity contribution in [1.82, 2.24) is 10.2 Å². The lowest BCUT2D eigenvalue weighted by atomic mass is 10.2. The number of nitrogens with zero attached hydrogens (tertiary/aromatic N) is 2. The molecule has 132 valence electrons. The zero-order chi connectivity index (χ0) is 17.8. The minimum atomic E-state index is -0.535. The fourth-order valence-electron chi connectivity index (χ4n) is 2.87. The first-order valence-corrected chi connectivity index (χ1v) is 9.44. The Balaban J connectivity index is 1.53. The van der Waals surface area contributed by atoms with E-state index in [0.717, 1.165) is 18.8 Å². The van der Waals surface area contributed by atoms with Crippen LogP contribution in [0, 0.1) is 0 Å². The van der Waals surface area contributed by atoms with Crippen molar-refractivity contribution in [2.75, 3.05) is 31.1 Å². The maximum absolute atomic E-state index is 12.6. The number of piperazine rings is 1. The molecule has 3 rings (SSSR count). The van der Waals surface area contributed by atoms with Crippen molar-refractivity contribution >= 4 is 40.4 Å². The number of halogens is 1. The van der Waals surface area contributed by atoms with E-state index in [1.54, 1.807) is 17.9 Å². The van der Waals surface area contributed by atoms with Gasteiger partial charge >= 0.3 is 0 Å². The van der Waals surface area contributed by atoms with Gasteiger partial charge < -0.3 is 15.1 Å². The second-order valence-corrected chi connectivity index (χ2v) is 7.35. The number of carbonyl (C=O) groups is 2. The van der Waals surface area contributed by atoms with Gasteiger partial charge in [0.15, 0.2) is 0 Å². The number of hydrogen-bond donors (Lipinski definition) is 1. The molecule has 0 radical (unpaired) electrons. The van der Waals surface area contributed by atoms with Gasteiger partial charge in [-0.2, -0.15) is 0 Å². The van der Waals surface area contributed by atoms with Crippen LogP contribution in [0.4, 0.5) is 5.69 Å². The van der Waals surface area contributed by atoms with E-state index in [1.807, 2.05) is 35.7 Å². The lowest BCUT2D eigenvalue weighted by Crippen LogP contribution is -2.54. The molecule has 5 nitrogen and oxygen atoms in total. The van der Waals surface area contributed by atoms with Gasteiger partial charge in [0.25, 0.3) is 5.91 Å². The van der Waals surface area contributed by atoms with Crippen molar-refractivity contribution in [2.24, 2.45) is 0 Å². The first-order chi connectivity index (χ1) is 12.0. The van der Waals surface area contributed by atoms with Crippen LogP contribution in [0.5, 0.6) is 0 Å². The van der Waals surface area contributed by atoms with Crippen LogP contribution in [0.3, 0.4) is 0 Å². The van der Waals surface area contributed by atoms with Crippen LogP contribution in [-0.4, -0.2) is 48.9 Å². The van der Waals surface area contributed by atoms with Gasteiger partial charge in [0, 0.05) is 36.9 Å². The summed E-state index contributed by atoms with van der Waals surface area (Å²) in [6.07, 6.45) is 0. The van der Waals surface area contributed by atoms with E-state index in [-0.39, 0.29) is 11.8 Å². The van der Waals surface area contributed by atoms with Gasteiger partial charge in [-0.15, -0.1) is 11.3 Å². The Hall–Kier alpha value is -2.05. The van der Waals surface area contributed by atoms with E-state index in [2.05, 4.69) is 10.2 Å². The number of benzene rings is 1. The zero-order valence-corrected chi connectivity index (χ0v) is 15.5. The second kappa shape index (κ2) is 7.89. The molecule has 7 heteroatoms. The number of amides is 2. The van der Waals surface area contributed by atoms with E-state index in [0.29, 0.717) is 23.0 Å². The first kappa shape index (κ1) is 17.8. The zero-order valence-electron chi connectivity index (χ0n) is 13.9. The van der Waals surface area contributed by atoms with Gasteiger partial charge in [-0.05, 0) is 36.6 Å². The van der Waals surface area contributed by atoms with Crippen LogP contribution in [-0.2, 0) is 4.79 Å². The lowest BCUT2D eigenvalue weighted by molar-refractivity contribution is -0.133. The molecule has 1 saturated heterocycles. The predicted octanol–water partition coefficient (Wildman–Crippen LogP) is 2.87. The molecule has 1 aliphatic rings. The van der Waals surface area contributed by atoms with E-state index >= 15 is 0 Å². The fraction of sp³-hybridized carbons (Fsp3) is 0.333. The summed E-state index contributed by atoms with van der Waals surface area (Å²) in [5.41, 5.74) is 1.07. The van der Waals surface area contributed by atoms with Crippen LogP contribution < -0.4 is 10.2 Å². The third-order valence-electron chi connectivity index (χ3n) is 4.23. The summed E-state index contributed by atoms with van der Waals surface area (Å²) in [5, 5.41) is 5.33. The number of anilines is 1. The Morgan fingerprint density at radius 3 is 2.56 bits per heavy atom. The maximum Gasteiger partial charge on any atom is 0.261 e. The normalized spacial score (nSPS) is 15.8. The molecule has 1 fully saturated rings. The van der Waals surface area contributed by atoms with Crippen molar-refractivity contribution in [3.63, 3.8) is 0 Å². The fourth-order valence-corrected chi connectivity index (χ4v) is 3.68. The van der Waals surface area contributed by atoms with E-state index in [1.165, 1.54) is 11.3 Å². The Labute approximate surface area is 156 Å². The summed E-state index contributed by atoms with van der Waals surface area (Å²) in [6.45, 7) is 4.49. The summed E-state index contributed by atoms with van der Waals surface area (Å²) >= 11 is 7.41. The Morgan fingerprint density at radius 1 is 1.16 bits per heavy atom. The standard InChI is InChI=1S/C18H20ClN3O2S/c1-13(20-17(23)16-6-3-11-25-16)18(24)22-9-7-21(8-10-22)15-5-2-4-14(19)12-15/h2-6,11-13H,7-10H2,1H3,(H,20,23). The average Bonchev–Trinajstić information content (AvgIpc) is 3.16. The summed E-state index contributed by atoms with van der Waals surface area (Å²) in [5.74, 6) is -0.246. The molecule has 1 unspecified atom stereocenters. The number of carbonyl (C=O) groups excluding carboxylic acids is 2. The highest BCUT2D eigenvalue weighted by Crippen LogP contribution is 2.21. The molecule has 1 aromatic carbocycles. The molecule has 0 aliphatic carbocycles. The van der Waals surface area contributed by atoms with Gasteiger partial charge in [0.1, 0.15) is 6.04 Å². The number of thiophene rings is 1. The Kier molecular flexibility index (Phi) is 5.60. The SMILES string of the molecule is CC(NC(=O)c1cccs1)C(=O)N1CCN(c2cccc(Cl)c2)CC1. The van der Waals surface area contributed by atoms with Crippen LogP contribution in [0.2, 0.25) is 5.02 Å². The number of nitrogens with one attached hydrogen (secondary N) is 1.